The Kier molecular flexibility index (Phi) is 6.79. The van der Waals surface area contributed by atoms with Crippen LogP contribution in [0.2, 0.25) is 0 Å². The summed E-state index contributed by atoms with van der Waals surface area (Å²) in [6.45, 7) is 3.56. The van der Waals surface area contributed by atoms with Crippen LogP contribution in [0.1, 0.15) is 40.3 Å². The molecule has 0 aliphatic heterocycles. The lowest BCUT2D eigenvalue weighted by atomic mass is 10.1. The zero-order valence-electron chi connectivity index (χ0n) is 18.8. The zero-order valence-corrected chi connectivity index (χ0v) is 18.8. The number of carbonyl (C=O) groups excluding carboxylic acids is 1. The molecule has 0 saturated heterocycles. The largest absolute Gasteiger partial charge is 0.421 e. The van der Waals surface area contributed by atoms with Gasteiger partial charge >= 0.3 is 0 Å². The van der Waals surface area contributed by atoms with Crippen LogP contribution in [-0.2, 0) is 6.42 Å². The summed E-state index contributed by atoms with van der Waals surface area (Å²) in [6.07, 6.45) is 2.18. The Morgan fingerprint density at radius 2 is 1.97 bits per heavy atom. The second-order valence-electron chi connectivity index (χ2n) is 7.62. The first-order valence-corrected chi connectivity index (χ1v) is 10.8. The van der Waals surface area contributed by atoms with E-state index in [9.17, 15) is 9.90 Å². The van der Waals surface area contributed by atoms with Crippen LogP contribution in [0.3, 0.4) is 0 Å². The van der Waals surface area contributed by atoms with Crippen molar-refractivity contribution in [2.45, 2.75) is 26.3 Å². The highest BCUT2D eigenvalue weighted by Crippen LogP contribution is 2.30. The molecule has 34 heavy (non-hydrogen) atoms. The van der Waals surface area contributed by atoms with Crippen molar-refractivity contribution in [1.29, 1.82) is 0 Å². The van der Waals surface area contributed by atoms with E-state index in [2.05, 4.69) is 30.8 Å². The van der Waals surface area contributed by atoms with Gasteiger partial charge < -0.3 is 25.9 Å². The molecule has 0 aliphatic carbocycles. The molecule has 4 aromatic rings. The molecule has 0 fully saturated rings. The first-order chi connectivity index (χ1) is 16.5. The van der Waals surface area contributed by atoms with Gasteiger partial charge in [-0.05, 0) is 36.2 Å². The molecular formula is C24H25N7O3. The van der Waals surface area contributed by atoms with Crippen molar-refractivity contribution in [2.75, 3.05) is 17.2 Å². The number of carbonyl (C=O) groups is 1. The summed E-state index contributed by atoms with van der Waals surface area (Å²) >= 11 is 0. The molecule has 0 radical (unpaired) electrons. The van der Waals surface area contributed by atoms with Crippen LogP contribution >= 0.6 is 0 Å². The van der Waals surface area contributed by atoms with Gasteiger partial charge in [-0.2, -0.15) is 4.98 Å². The van der Waals surface area contributed by atoms with E-state index in [1.54, 1.807) is 31.3 Å². The number of nitrogens with zero attached hydrogens (tertiary/aromatic N) is 4. The van der Waals surface area contributed by atoms with Crippen molar-refractivity contribution in [3.8, 4) is 11.5 Å². The Bertz CT molecular complexity index is 1290. The molecule has 1 amide bonds. The van der Waals surface area contributed by atoms with E-state index >= 15 is 0 Å². The minimum atomic E-state index is -0.488. The molecule has 2 aromatic carbocycles. The van der Waals surface area contributed by atoms with E-state index in [0.29, 0.717) is 40.9 Å². The first kappa shape index (κ1) is 22.9. The van der Waals surface area contributed by atoms with Gasteiger partial charge in [-0.1, -0.05) is 37.3 Å². The highest BCUT2D eigenvalue weighted by Gasteiger charge is 2.19. The number of nitrogens with one attached hydrogen (secondary N) is 2. The van der Waals surface area contributed by atoms with Gasteiger partial charge in [0.25, 0.3) is 5.89 Å². The maximum absolute atomic E-state index is 11.5. The van der Waals surface area contributed by atoms with Gasteiger partial charge in [0.2, 0.25) is 17.7 Å². The molecule has 5 N–H and O–H groups in total. The van der Waals surface area contributed by atoms with Gasteiger partial charge in [0.15, 0.2) is 0 Å². The van der Waals surface area contributed by atoms with Crippen LogP contribution in [-0.4, -0.2) is 37.8 Å². The molecule has 4 rings (SSSR count). The van der Waals surface area contributed by atoms with E-state index < -0.39 is 11.9 Å². The minimum absolute atomic E-state index is 0.159. The molecule has 10 heteroatoms. The highest BCUT2D eigenvalue weighted by atomic mass is 16.4. The van der Waals surface area contributed by atoms with Crippen molar-refractivity contribution in [1.82, 2.24) is 20.2 Å². The lowest BCUT2D eigenvalue weighted by Gasteiger charge is -2.19. The SMILES string of the molecule is CCc1nnc(-c2cnc(Nc3ccc(C(N)=O)c(C)c3)nc2N[C@H](CO)c2ccccc2)o1. The molecule has 1 atom stereocenters. The number of rotatable bonds is 9. The molecule has 0 saturated carbocycles. The number of primary amides is 1. The number of aliphatic hydroxyl groups is 1. The molecule has 0 unspecified atom stereocenters. The van der Waals surface area contributed by atoms with Crippen molar-refractivity contribution in [3.63, 3.8) is 0 Å². The van der Waals surface area contributed by atoms with Gasteiger partial charge in [-0.3, -0.25) is 4.79 Å². The third kappa shape index (κ3) is 5.02. The minimum Gasteiger partial charge on any atom is -0.421 e. The number of aryl methyl sites for hydroxylation is 2. The predicted octanol–water partition coefficient (Wildman–Crippen LogP) is 3.39. The molecular weight excluding hydrogens is 434 g/mol. The Morgan fingerprint density at radius 1 is 1.18 bits per heavy atom. The van der Waals surface area contributed by atoms with Crippen molar-refractivity contribution in [2.24, 2.45) is 5.73 Å². The number of anilines is 3. The lowest BCUT2D eigenvalue weighted by Crippen LogP contribution is -2.17. The summed E-state index contributed by atoms with van der Waals surface area (Å²) in [7, 11) is 0. The van der Waals surface area contributed by atoms with Gasteiger partial charge in [-0.15, -0.1) is 10.2 Å². The average molecular weight is 460 g/mol. The van der Waals surface area contributed by atoms with Crippen molar-refractivity contribution in [3.05, 3.63) is 77.3 Å². The van der Waals surface area contributed by atoms with E-state index in [1.165, 1.54) is 0 Å². The van der Waals surface area contributed by atoms with E-state index in [1.807, 2.05) is 37.3 Å². The first-order valence-electron chi connectivity index (χ1n) is 10.8. The number of hydrogen-bond acceptors (Lipinski definition) is 9. The van der Waals surface area contributed by atoms with E-state index in [-0.39, 0.29) is 12.5 Å². The topological polar surface area (TPSA) is 152 Å². The molecule has 174 valence electrons. The van der Waals surface area contributed by atoms with Crippen LogP contribution in [0.15, 0.2) is 59.1 Å². The smallest absolute Gasteiger partial charge is 0.253 e. The van der Waals surface area contributed by atoms with Crippen molar-refractivity contribution < 1.29 is 14.3 Å². The fraction of sp³-hybridized carbons (Fsp3) is 0.208. The zero-order chi connectivity index (χ0) is 24.1. The second-order valence-corrected chi connectivity index (χ2v) is 7.62. The molecule has 2 aromatic heterocycles. The monoisotopic (exact) mass is 459 g/mol. The number of aromatic nitrogens is 4. The molecule has 0 spiro atoms. The molecule has 0 bridgehead atoms. The summed E-state index contributed by atoms with van der Waals surface area (Å²) in [5, 5.41) is 24.6. The van der Waals surface area contributed by atoms with Crippen LogP contribution in [0.25, 0.3) is 11.5 Å². The maximum Gasteiger partial charge on any atom is 0.253 e. The summed E-state index contributed by atoms with van der Waals surface area (Å²) in [6, 6.07) is 14.3. The Balaban J connectivity index is 1.69. The third-order valence-corrected chi connectivity index (χ3v) is 5.23. The maximum atomic E-state index is 11.5. The van der Waals surface area contributed by atoms with Gasteiger partial charge in [0.1, 0.15) is 5.82 Å². The van der Waals surface area contributed by atoms with Crippen LogP contribution in [0.4, 0.5) is 17.5 Å². The average Bonchev–Trinajstić information content (AvgIpc) is 3.32. The molecule has 0 aliphatic rings. The van der Waals surface area contributed by atoms with Crippen LogP contribution in [0, 0.1) is 6.92 Å². The normalized spacial score (nSPS) is 11.7. The second kappa shape index (κ2) is 10.1. The summed E-state index contributed by atoms with van der Waals surface area (Å²) in [5.74, 6) is 1.000. The number of aliphatic hydroxyl groups excluding tert-OH is 1. The quantitative estimate of drug-likeness (QED) is 0.295. The van der Waals surface area contributed by atoms with Gasteiger partial charge in [-0.25, -0.2) is 4.98 Å². The number of amides is 1. The van der Waals surface area contributed by atoms with Gasteiger partial charge in [0.05, 0.1) is 18.2 Å². The van der Waals surface area contributed by atoms with E-state index in [0.717, 1.165) is 11.1 Å². The Morgan fingerprint density at radius 3 is 2.62 bits per heavy atom. The molecule has 2 heterocycles. The van der Waals surface area contributed by atoms with E-state index in [4.69, 9.17) is 10.2 Å². The molecule has 10 nitrogen and oxygen atoms in total. The standard InChI is InChI=1S/C24H25N7O3/c1-3-20-30-31-23(34-20)18-12-26-24(27-16-9-10-17(21(25)33)14(2)11-16)29-22(18)28-19(13-32)15-7-5-4-6-8-15/h4-12,19,32H,3,13H2,1-2H3,(H2,25,33)(H2,26,27,28,29)/t19-/m1/s1. The Hall–Kier alpha value is -4.31. The Labute approximate surface area is 196 Å². The summed E-state index contributed by atoms with van der Waals surface area (Å²) < 4.78 is 5.72. The number of nitrogens with two attached hydrogens (primary N) is 1. The fourth-order valence-electron chi connectivity index (χ4n) is 3.45. The highest BCUT2D eigenvalue weighted by molar-refractivity contribution is 5.94. The third-order valence-electron chi connectivity index (χ3n) is 5.23. The van der Waals surface area contributed by atoms with Crippen LogP contribution < -0.4 is 16.4 Å². The predicted molar refractivity (Wildman–Crippen MR) is 128 cm³/mol. The number of benzene rings is 2. The fourth-order valence-corrected chi connectivity index (χ4v) is 3.45. The number of hydrogen-bond donors (Lipinski definition) is 4. The van der Waals surface area contributed by atoms with Gasteiger partial charge in [0, 0.05) is 23.9 Å². The summed E-state index contributed by atoms with van der Waals surface area (Å²) in [5.41, 5.74) is 8.66. The lowest BCUT2D eigenvalue weighted by molar-refractivity contribution is 0.0999. The van der Waals surface area contributed by atoms with Crippen molar-refractivity contribution >= 4 is 23.4 Å². The summed E-state index contributed by atoms with van der Waals surface area (Å²) in [4.78, 5) is 20.5. The van der Waals surface area contributed by atoms with Crippen LogP contribution in [0.5, 0.6) is 0 Å².